The average molecular weight is 491 g/mol. The van der Waals surface area contributed by atoms with Crippen LogP contribution in [0.15, 0.2) is 42.7 Å². The number of piperidine rings is 1. The van der Waals surface area contributed by atoms with Crippen molar-refractivity contribution in [3.8, 4) is 10.4 Å². The number of halogens is 3. The molecule has 178 valence electrons. The number of hydrogen-bond acceptors (Lipinski definition) is 7. The van der Waals surface area contributed by atoms with E-state index >= 15 is 0 Å². The molecule has 34 heavy (non-hydrogen) atoms. The lowest BCUT2D eigenvalue weighted by Gasteiger charge is -2.41. The van der Waals surface area contributed by atoms with E-state index in [4.69, 9.17) is 0 Å². The zero-order valence-electron chi connectivity index (χ0n) is 17.7. The molecule has 3 N–H and O–H groups in total. The third-order valence-electron chi connectivity index (χ3n) is 6.24. The fraction of sp³-hybridized carbons (Fsp3) is 0.364. The van der Waals surface area contributed by atoms with E-state index in [1.54, 1.807) is 24.4 Å². The third-order valence-corrected chi connectivity index (χ3v) is 7.48. The van der Waals surface area contributed by atoms with Crippen molar-refractivity contribution in [3.63, 3.8) is 0 Å². The number of alkyl halides is 3. The normalized spacial score (nSPS) is 24.3. The second-order valence-corrected chi connectivity index (χ2v) is 9.54. The summed E-state index contributed by atoms with van der Waals surface area (Å²) in [5.74, 6) is -0.174. The van der Waals surface area contributed by atoms with Crippen LogP contribution in [-0.4, -0.2) is 48.2 Å². The molecule has 8 nitrogen and oxygen atoms in total. The zero-order valence-corrected chi connectivity index (χ0v) is 18.5. The first kappa shape index (κ1) is 22.5. The highest BCUT2D eigenvalue weighted by atomic mass is 32.1. The first-order chi connectivity index (χ1) is 16.1. The second kappa shape index (κ2) is 8.20. The van der Waals surface area contributed by atoms with Gasteiger partial charge in [-0.15, -0.1) is 11.3 Å². The largest absolute Gasteiger partial charge is 0.465 e. The van der Waals surface area contributed by atoms with Crippen LogP contribution in [0.5, 0.6) is 0 Å². The SMILES string of the molecule is O=C(O)N1[C@@H]2CC[C@H]1CC(O)(c1ncc(-c3cccc(Nc4nccc(C(F)(F)F)n4)c3)s1)C2. The summed E-state index contributed by atoms with van der Waals surface area (Å²) in [6, 6.07) is 7.34. The van der Waals surface area contributed by atoms with E-state index < -0.39 is 23.6 Å². The smallest absolute Gasteiger partial charge is 0.433 e. The highest BCUT2D eigenvalue weighted by molar-refractivity contribution is 7.15. The van der Waals surface area contributed by atoms with Crippen molar-refractivity contribution in [1.82, 2.24) is 19.9 Å². The van der Waals surface area contributed by atoms with E-state index in [9.17, 15) is 28.2 Å². The molecule has 2 fully saturated rings. The van der Waals surface area contributed by atoms with Crippen LogP contribution in [0.1, 0.15) is 36.4 Å². The standard InChI is InChI=1S/C22H20F3N5O3S/c23-22(24,25)17-6-7-26-19(29-17)28-13-3-1-2-12(8-13)16-11-27-18(34-16)21(33)9-14-4-5-15(10-21)30(14)20(31)32/h1-3,6-8,11,14-15,33H,4-5,9-10H2,(H,31,32)(H,26,28,29)/t14-,15+,21?. The monoisotopic (exact) mass is 491 g/mol. The van der Waals surface area contributed by atoms with Crippen molar-refractivity contribution in [2.75, 3.05) is 5.32 Å². The predicted molar refractivity (Wildman–Crippen MR) is 118 cm³/mol. The first-order valence-corrected chi connectivity index (χ1v) is 11.4. The number of aromatic nitrogens is 3. The van der Waals surface area contributed by atoms with Crippen LogP contribution >= 0.6 is 11.3 Å². The molecule has 0 aliphatic carbocycles. The Hall–Kier alpha value is -3.25. The maximum Gasteiger partial charge on any atom is 0.433 e. The highest BCUT2D eigenvalue weighted by Gasteiger charge is 2.51. The maximum absolute atomic E-state index is 12.9. The van der Waals surface area contributed by atoms with Gasteiger partial charge in [-0.05, 0) is 36.6 Å². The minimum absolute atomic E-state index is 0.174. The lowest BCUT2D eigenvalue weighted by molar-refractivity contribution is -0.141. The van der Waals surface area contributed by atoms with Gasteiger partial charge < -0.3 is 20.4 Å². The molecule has 2 aliphatic rings. The van der Waals surface area contributed by atoms with Gasteiger partial charge in [0.1, 0.15) is 16.3 Å². The fourth-order valence-electron chi connectivity index (χ4n) is 4.79. The number of anilines is 2. The zero-order chi connectivity index (χ0) is 24.1. The predicted octanol–water partition coefficient (Wildman–Crippen LogP) is 4.85. The van der Waals surface area contributed by atoms with E-state index in [0.717, 1.165) is 35.5 Å². The number of carbonyl (C=O) groups is 1. The number of benzene rings is 1. The summed E-state index contributed by atoms with van der Waals surface area (Å²) < 4.78 is 38.7. The van der Waals surface area contributed by atoms with Crippen molar-refractivity contribution < 1.29 is 28.2 Å². The molecule has 5 rings (SSSR count). The van der Waals surface area contributed by atoms with Gasteiger partial charge in [-0.25, -0.2) is 19.7 Å². The minimum atomic E-state index is -4.57. The Kier molecular flexibility index (Phi) is 5.44. The van der Waals surface area contributed by atoms with Crippen molar-refractivity contribution in [2.45, 2.75) is 49.5 Å². The van der Waals surface area contributed by atoms with Crippen molar-refractivity contribution >= 4 is 29.1 Å². The van der Waals surface area contributed by atoms with Crippen molar-refractivity contribution in [2.24, 2.45) is 0 Å². The van der Waals surface area contributed by atoms with Crippen LogP contribution in [-0.2, 0) is 11.8 Å². The van der Waals surface area contributed by atoms with Gasteiger partial charge in [0, 0.05) is 43.0 Å². The summed E-state index contributed by atoms with van der Waals surface area (Å²) in [6.07, 6.45) is -0.783. The minimum Gasteiger partial charge on any atom is -0.465 e. The molecule has 2 saturated heterocycles. The molecule has 1 aromatic carbocycles. The number of aliphatic hydroxyl groups is 1. The summed E-state index contributed by atoms with van der Waals surface area (Å²) in [5, 5.41) is 24.1. The van der Waals surface area contributed by atoms with Gasteiger partial charge in [-0.1, -0.05) is 12.1 Å². The molecule has 12 heteroatoms. The van der Waals surface area contributed by atoms with Crippen LogP contribution in [0.3, 0.4) is 0 Å². The Morgan fingerprint density at radius 2 is 1.91 bits per heavy atom. The van der Waals surface area contributed by atoms with Crippen molar-refractivity contribution in [3.05, 3.63) is 53.4 Å². The molecule has 2 bridgehead atoms. The molecule has 2 aromatic heterocycles. The molecule has 2 aliphatic heterocycles. The quantitative estimate of drug-likeness (QED) is 0.478. The Morgan fingerprint density at radius 1 is 1.18 bits per heavy atom. The highest BCUT2D eigenvalue weighted by Crippen LogP contribution is 2.47. The lowest BCUT2D eigenvalue weighted by Crippen LogP contribution is -2.51. The number of nitrogens with one attached hydrogen (secondary N) is 1. The number of carboxylic acid groups (broad SMARTS) is 1. The Morgan fingerprint density at radius 3 is 2.59 bits per heavy atom. The topological polar surface area (TPSA) is 111 Å². The molecule has 4 heterocycles. The molecule has 0 saturated carbocycles. The lowest BCUT2D eigenvalue weighted by atomic mass is 9.87. The van der Waals surface area contributed by atoms with Gasteiger partial charge in [-0.3, -0.25) is 0 Å². The summed E-state index contributed by atoms with van der Waals surface area (Å²) in [5.41, 5.74) is -0.972. The van der Waals surface area contributed by atoms with E-state index in [1.165, 1.54) is 16.2 Å². The second-order valence-electron chi connectivity index (χ2n) is 8.51. The Bertz CT molecular complexity index is 1220. The number of nitrogens with zero attached hydrogens (tertiary/aromatic N) is 4. The summed E-state index contributed by atoms with van der Waals surface area (Å²) in [6.45, 7) is 0. The number of amides is 1. The summed E-state index contributed by atoms with van der Waals surface area (Å²) >= 11 is 1.32. The molecular formula is C22H20F3N5O3S. The number of rotatable bonds is 4. The van der Waals surface area contributed by atoms with E-state index in [-0.39, 0.29) is 18.0 Å². The van der Waals surface area contributed by atoms with Crippen LogP contribution in [0, 0.1) is 0 Å². The molecule has 3 aromatic rings. The van der Waals surface area contributed by atoms with E-state index in [1.807, 2.05) is 6.07 Å². The van der Waals surface area contributed by atoms with Crippen LogP contribution in [0.25, 0.3) is 10.4 Å². The van der Waals surface area contributed by atoms with E-state index in [0.29, 0.717) is 23.5 Å². The molecular weight excluding hydrogens is 471 g/mol. The number of hydrogen-bond donors (Lipinski definition) is 3. The van der Waals surface area contributed by atoms with Gasteiger partial charge >= 0.3 is 12.3 Å². The van der Waals surface area contributed by atoms with Crippen LogP contribution in [0.2, 0.25) is 0 Å². The molecule has 1 amide bonds. The first-order valence-electron chi connectivity index (χ1n) is 10.6. The Balaban J connectivity index is 1.36. The average Bonchev–Trinajstić information content (AvgIpc) is 3.38. The van der Waals surface area contributed by atoms with Gasteiger partial charge in [-0.2, -0.15) is 13.2 Å². The van der Waals surface area contributed by atoms with Gasteiger partial charge in [0.25, 0.3) is 0 Å². The fourth-order valence-corrected chi connectivity index (χ4v) is 5.81. The maximum atomic E-state index is 12.9. The van der Waals surface area contributed by atoms with E-state index in [2.05, 4.69) is 20.3 Å². The summed E-state index contributed by atoms with van der Waals surface area (Å²) in [4.78, 5) is 25.6. The number of thiazole rings is 1. The molecule has 0 spiro atoms. The van der Waals surface area contributed by atoms with Crippen LogP contribution in [0.4, 0.5) is 29.6 Å². The molecule has 3 atom stereocenters. The Labute approximate surface area is 196 Å². The van der Waals surface area contributed by atoms with Gasteiger partial charge in [0.05, 0.1) is 4.88 Å². The third kappa shape index (κ3) is 4.18. The number of fused-ring (bicyclic) bond motifs is 2. The van der Waals surface area contributed by atoms with Crippen molar-refractivity contribution in [1.29, 1.82) is 0 Å². The summed E-state index contributed by atoms with van der Waals surface area (Å²) in [7, 11) is 0. The molecule has 0 radical (unpaired) electrons. The van der Waals surface area contributed by atoms with Gasteiger partial charge in [0.15, 0.2) is 0 Å². The molecule has 1 unspecified atom stereocenters. The van der Waals surface area contributed by atoms with Crippen LogP contribution < -0.4 is 5.32 Å². The van der Waals surface area contributed by atoms with Gasteiger partial charge in [0.2, 0.25) is 5.95 Å².